The molecule has 0 atom stereocenters. The maximum atomic E-state index is 11.2. The van der Waals surface area contributed by atoms with Crippen molar-refractivity contribution < 1.29 is 24.2 Å². The van der Waals surface area contributed by atoms with Gasteiger partial charge in [0.15, 0.2) is 0 Å². The first-order valence-corrected chi connectivity index (χ1v) is 5.75. The summed E-state index contributed by atoms with van der Waals surface area (Å²) in [4.78, 5) is 32.4. The van der Waals surface area contributed by atoms with Gasteiger partial charge in [0.1, 0.15) is 6.54 Å². The molecule has 8 nitrogen and oxygen atoms in total. The third-order valence-corrected chi connectivity index (χ3v) is 1.84. The van der Waals surface area contributed by atoms with Crippen molar-refractivity contribution in [2.24, 2.45) is 0 Å². The van der Waals surface area contributed by atoms with Crippen molar-refractivity contribution in [3.8, 4) is 0 Å². The second-order valence-electron chi connectivity index (χ2n) is 3.47. The van der Waals surface area contributed by atoms with Crippen molar-refractivity contribution in [2.45, 2.75) is 6.42 Å². The first-order chi connectivity index (χ1) is 9.06. The third kappa shape index (κ3) is 12.2. The van der Waals surface area contributed by atoms with E-state index in [1.54, 1.807) is 6.08 Å². The number of carboxylic acid groups (broad SMARTS) is 1. The van der Waals surface area contributed by atoms with Gasteiger partial charge >= 0.3 is 12.0 Å². The van der Waals surface area contributed by atoms with Crippen LogP contribution < -0.4 is 16.0 Å². The van der Waals surface area contributed by atoms with Gasteiger partial charge in [0.2, 0.25) is 5.91 Å². The highest BCUT2D eigenvalue weighted by molar-refractivity contribution is 5.86. The number of carbonyl (C=O) groups is 3. The quantitative estimate of drug-likeness (QED) is 0.303. The predicted molar refractivity (Wildman–Crippen MR) is 67.7 cm³/mol. The SMILES string of the molecule is C=CCCOCCNC(=O)NCC(=O)NCC(=O)O. The van der Waals surface area contributed by atoms with Gasteiger partial charge < -0.3 is 25.8 Å². The number of hydrogen-bond acceptors (Lipinski definition) is 4. The Morgan fingerprint density at radius 3 is 2.47 bits per heavy atom. The largest absolute Gasteiger partial charge is 0.480 e. The van der Waals surface area contributed by atoms with Gasteiger partial charge in [-0.1, -0.05) is 6.08 Å². The molecular formula is C11H19N3O5. The minimum absolute atomic E-state index is 0.281. The minimum Gasteiger partial charge on any atom is -0.480 e. The van der Waals surface area contributed by atoms with Crippen LogP contribution >= 0.6 is 0 Å². The van der Waals surface area contributed by atoms with Crippen molar-refractivity contribution in [1.82, 2.24) is 16.0 Å². The van der Waals surface area contributed by atoms with Crippen LogP contribution in [0.15, 0.2) is 12.7 Å². The van der Waals surface area contributed by atoms with Gasteiger partial charge in [-0.25, -0.2) is 4.79 Å². The predicted octanol–water partition coefficient (Wildman–Crippen LogP) is -0.921. The molecule has 0 radical (unpaired) electrons. The van der Waals surface area contributed by atoms with Crippen molar-refractivity contribution in [3.63, 3.8) is 0 Å². The number of amides is 3. The van der Waals surface area contributed by atoms with E-state index >= 15 is 0 Å². The third-order valence-electron chi connectivity index (χ3n) is 1.84. The standard InChI is InChI=1S/C11H19N3O5/c1-2-3-5-19-6-4-12-11(18)14-7-9(15)13-8-10(16)17/h2H,1,3-8H2,(H,13,15)(H,16,17)(H2,12,14,18). The molecule has 0 aromatic rings. The highest BCUT2D eigenvalue weighted by atomic mass is 16.5. The summed E-state index contributed by atoms with van der Waals surface area (Å²) in [5.74, 6) is -1.71. The molecule has 4 N–H and O–H groups in total. The van der Waals surface area contributed by atoms with Crippen LogP contribution in [-0.2, 0) is 14.3 Å². The molecule has 0 aliphatic heterocycles. The van der Waals surface area contributed by atoms with Gasteiger partial charge in [0.05, 0.1) is 19.8 Å². The Morgan fingerprint density at radius 2 is 1.84 bits per heavy atom. The van der Waals surface area contributed by atoms with E-state index in [-0.39, 0.29) is 6.54 Å². The Kier molecular flexibility index (Phi) is 9.81. The Labute approximate surface area is 111 Å². The number of nitrogens with one attached hydrogen (secondary N) is 3. The zero-order valence-electron chi connectivity index (χ0n) is 10.6. The molecule has 0 spiro atoms. The molecule has 0 rings (SSSR count). The van der Waals surface area contributed by atoms with E-state index in [4.69, 9.17) is 9.84 Å². The number of rotatable bonds is 10. The molecule has 3 amide bonds. The number of urea groups is 1. The Bertz CT molecular complexity index is 319. The lowest BCUT2D eigenvalue weighted by Crippen LogP contribution is -2.43. The van der Waals surface area contributed by atoms with E-state index in [9.17, 15) is 14.4 Å². The highest BCUT2D eigenvalue weighted by Crippen LogP contribution is 1.81. The zero-order chi connectivity index (χ0) is 14.5. The number of ether oxygens (including phenoxy) is 1. The van der Waals surface area contributed by atoms with Gasteiger partial charge in [-0.15, -0.1) is 6.58 Å². The van der Waals surface area contributed by atoms with E-state index in [1.165, 1.54) is 0 Å². The minimum atomic E-state index is -1.14. The lowest BCUT2D eigenvalue weighted by Gasteiger charge is -2.07. The molecule has 0 aliphatic rings. The summed E-state index contributed by atoms with van der Waals surface area (Å²) < 4.78 is 5.16. The summed E-state index contributed by atoms with van der Waals surface area (Å²) in [5, 5.41) is 15.2. The summed E-state index contributed by atoms with van der Waals surface area (Å²) in [5.41, 5.74) is 0. The molecule has 0 aromatic carbocycles. The zero-order valence-corrected chi connectivity index (χ0v) is 10.6. The maximum absolute atomic E-state index is 11.2. The molecule has 0 unspecified atom stereocenters. The van der Waals surface area contributed by atoms with Gasteiger partial charge in [0.25, 0.3) is 0 Å². The van der Waals surface area contributed by atoms with E-state index in [0.29, 0.717) is 19.8 Å². The topological polar surface area (TPSA) is 117 Å². The number of aliphatic carboxylic acids is 1. The first-order valence-electron chi connectivity index (χ1n) is 5.75. The number of carbonyl (C=O) groups excluding carboxylic acids is 2. The van der Waals surface area contributed by atoms with Crippen LogP contribution in [-0.4, -0.2) is 55.9 Å². The Morgan fingerprint density at radius 1 is 1.11 bits per heavy atom. The van der Waals surface area contributed by atoms with Crippen molar-refractivity contribution in [3.05, 3.63) is 12.7 Å². The molecule has 8 heteroatoms. The molecule has 108 valence electrons. The normalized spacial score (nSPS) is 9.47. The van der Waals surface area contributed by atoms with Crippen molar-refractivity contribution >= 4 is 17.9 Å². The average Bonchev–Trinajstić information content (AvgIpc) is 2.38. The fourth-order valence-electron chi connectivity index (χ4n) is 0.965. The van der Waals surface area contributed by atoms with E-state index in [0.717, 1.165) is 6.42 Å². The summed E-state index contributed by atoms with van der Waals surface area (Å²) in [7, 11) is 0. The molecule has 0 fully saturated rings. The van der Waals surface area contributed by atoms with Crippen LogP contribution in [0.2, 0.25) is 0 Å². The summed E-state index contributed by atoms with van der Waals surface area (Å²) in [6.45, 7) is 4.02. The lowest BCUT2D eigenvalue weighted by molar-refractivity contribution is -0.137. The van der Waals surface area contributed by atoms with Gasteiger partial charge in [-0.2, -0.15) is 0 Å². The first kappa shape index (κ1) is 16.9. The van der Waals surface area contributed by atoms with Gasteiger partial charge in [-0.3, -0.25) is 9.59 Å². The van der Waals surface area contributed by atoms with Crippen LogP contribution in [0.3, 0.4) is 0 Å². The maximum Gasteiger partial charge on any atom is 0.322 e. The van der Waals surface area contributed by atoms with Gasteiger partial charge in [0, 0.05) is 6.54 Å². The van der Waals surface area contributed by atoms with Crippen LogP contribution in [0.1, 0.15) is 6.42 Å². The molecule has 0 heterocycles. The van der Waals surface area contributed by atoms with Crippen LogP contribution in [0.4, 0.5) is 4.79 Å². The summed E-state index contributed by atoms with van der Waals surface area (Å²) >= 11 is 0. The van der Waals surface area contributed by atoms with E-state index in [1.807, 2.05) is 0 Å². The molecule has 0 aliphatic carbocycles. The fourth-order valence-corrected chi connectivity index (χ4v) is 0.965. The number of carboxylic acids is 1. The second-order valence-corrected chi connectivity index (χ2v) is 3.47. The van der Waals surface area contributed by atoms with Gasteiger partial charge in [-0.05, 0) is 6.42 Å². The summed E-state index contributed by atoms with van der Waals surface area (Å²) in [6.07, 6.45) is 2.48. The molecule has 19 heavy (non-hydrogen) atoms. The van der Waals surface area contributed by atoms with E-state index in [2.05, 4.69) is 22.5 Å². The van der Waals surface area contributed by atoms with Crippen molar-refractivity contribution in [2.75, 3.05) is 32.8 Å². The highest BCUT2D eigenvalue weighted by Gasteiger charge is 2.05. The summed E-state index contributed by atoms with van der Waals surface area (Å²) in [6, 6.07) is -0.516. The number of hydrogen-bond donors (Lipinski definition) is 4. The molecule has 0 saturated carbocycles. The fraction of sp³-hybridized carbons (Fsp3) is 0.545. The van der Waals surface area contributed by atoms with Crippen LogP contribution in [0.25, 0.3) is 0 Å². The Balaban J connectivity index is 3.45. The smallest absolute Gasteiger partial charge is 0.322 e. The monoisotopic (exact) mass is 273 g/mol. The van der Waals surface area contributed by atoms with Crippen LogP contribution in [0.5, 0.6) is 0 Å². The average molecular weight is 273 g/mol. The molecular weight excluding hydrogens is 254 g/mol. The molecule has 0 bridgehead atoms. The molecule has 0 aromatic heterocycles. The lowest BCUT2D eigenvalue weighted by atomic mass is 10.4. The molecule has 0 saturated heterocycles. The van der Waals surface area contributed by atoms with E-state index < -0.39 is 24.5 Å². The second kappa shape index (κ2) is 11.0. The van der Waals surface area contributed by atoms with Crippen molar-refractivity contribution in [1.29, 1.82) is 0 Å². The Hall–Kier alpha value is -2.09. The van der Waals surface area contributed by atoms with Crippen LogP contribution in [0, 0.1) is 0 Å².